The number of carbonyl (C=O) groups is 2. The monoisotopic (exact) mass is 322 g/mol. The smallest absolute Gasteiger partial charge is 0.260 e. The van der Waals surface area contributed by atoms with Crippen LogP contribution in [0.3, 0.4) is 0 Å². The Kier molecular flexibility index (Phi) is 5.23. The lowest BCUT2D eigenvalue weighted by Crippen LogP contribution is -2.53. The molecule has 126 valence electrons. The number of ether oxygens (including phenoxy) is 1. The fraction of sp³-hybridized carbons (Fsp3) is 0.529. The Bertz CT molecular complexity index is 575. The van der Waals surface area contributed by atoms with Gasteiger partial charge in [-0.2, -0.15) is 0 Å². The van der Waals surface area contributed by atoms with Crippen LogP contribution >= 0.6 is 0 Å². The Balaban J connectivity index is 1.82. The number of halogens is 1. The molecule has 2 amide bonds. The van der Waals surface area contributed by atoms with Crippen molar-refractivity contribution in [1.29, 1.82) is 0 Å². The van der Waals surface area contributed by atoms with Crippen molar-refractivity contribution in [2.24, 2.45) is 5.41 Å². The number of benzene rings is 1. The van der Waals surface area contributed by atoms with Crippen LogP contribution in [0.4, 0.5) is 4.39 Å². The molecule has 1 aliphatic heterocycles. The third kappa shape index (κ3) is 4.43. The predicted molar refractivity (Wildman–Crippen MR) is 84.5 cm³/mol. The molecule has 23 heavy (non-hydrogen) atoms. The highest BCUT2D eigenvalue weighted by Crippen LogP contribution is 2.19. The fourth-order valence-corrected chi connectivity index (χ4v) is 2.43. The van der Waals surface area contributed by atoms with Crippen molar-refractivity contribution >= 4 is 11.8 Å². The molecule has 5 nitrogen and oxygen atoms in total. The van der Waals surface area contributed by atoms with Gasteiger partial charge in [0.05, 0.1) is 0 Å². The van der Waals surface area contributed by atoms with Crippen molar-refractivity contribution in [1.82, 2.24) is 9.80 Å². The molecule has 1 aromatic carbocycles. The van der Waals surface area contributed by atoms with E-state index in [4.69, 9.17) is 4.74 Å². The average molecular weight is 322 g/mol. The highest BCUT2D eigenvalue weighted by Gasteiger charge is 2.30. The van der Waals surface area contributed by atoms with E-state index in [1.54, 1.807) is 21.9 Å². The van der Waals surface area contributed by atoms with E-state index < -0.39 is 11.2 Å². The third-order valence-electron chi connectivity index (χ3n) is 3.75. The second-order valence-corrected chi connectivity index (χ2v) is 6.64. The summed E-state index contributed by atoms with van der Waals surface area (Å²) in [5.41, 5.74) is -0.417. The maximum Gasteiger partial charge on any atom is 0.260 e. The molecule has 0 radical (unpaired) electrons. The first-order valence-corrected chi connectivity index (χ1v) is 7.73. The van der Waals surface area contributed by atoms with Crippen molar-refractivity contribution in [2.45, 2.75) is 20.8 Å². The topological polar surface area (TPSA) is 49.9 Å². The van der Waals surface area contributed by atoms with E-state index in [1.807, 2.05) is 20.8 Å². The van der Waals surface area contributed by atoms with E-state index in [0.29, 0.717) is 26.2 Å². The van der Waals surface area contributed by atoms with Crippen molar-refractivity contribution < 1.29 is 18.7 Å². The first-order chi connectivity index (χ1) is 10.8. The minimum Gasteiger partial charge on any atom is -0.481 e. The largest absolute Gasteiger partial charge is 0.481 e. The predicted octanol–water partition coefficient (Wildman–Crippen LogP) is 1.92. The summed E-state index contributed by atoms with van der Waals surface area (Å²) in [4.78, 5) is 27.8. The van der Waals surface area contributed by atoms with E-state index in [1.165, 1.54) is 12.1 Å². The molecule has 1 aliphatic rings. The Labute approximate surface area is 136 Å². The number of piperazine rings is 1. The van der Waals surface area contributed by atoms with Gasteiger partial charge in [-0.05, 0) is 12.1 Å². The molecular weight excluding hydrogens is 299 g/mol. The molecule has 0 unspecified atom stereocenters. The lowest BCUT2D eigenvalue weighted by Gasteiger charge is -2.37. The Hall–Kier alpha value is -2.11. The zero-order chi connectivity index (χ0) is 17.0. The van der Waals surface area contributed by atoms with Crippen LogP contribution < -0.4 is 4.74 Å². The molecule has 0 saturated carbocycles. The van der Waals surface area contributed by atoms with Crippen molar-refractivity contribution in [3.8, 4) is 5.75 Å². The summed E-state index contributed by atoms with van der Waals surface area (Å²) in [7, 11) is 0. The van der Waals surface area contributed by atoms with E-state index in [2.05, 4.69) is 0 Å². The summed E-state index contributed by atoms with van der Waals surface area (Å²) in [5.74, 6) is -0.522. The maximum absolute atomic E-state index is 13.4. The van der Waals surface area contributed by atoms with Gasteiger partial charge in [-0.3, -0.25) is 9.59 Å². The molecular formula is C17H23FN2O3. The Morgan fingerprint density at radius 2 is 1.65 bits per heavy atom. The lowest BCUT2D eigenvalue weighted by atomic mass is 9.94. The molecule has 0 spiro atoms. The summed E-state index contributed by atoms with van der Waals surface area (Å²) in [6.07, 6.45) is 0. The average Bonchev–Trinajstić information content (AvgIpc) is 2.52. The molecule has 6 heteroatoms. The zero-order valence-corrected chi connectivity index (χ0v) is 13.8. The summed E-state index contributed by atoms with van der Waals surface area (Å²) < 4.78 is 18.7. The van der Waals surface area contributed by atoms with Gasteiger partial charge in [-0.1, -0.05) is 32.9 Å². The normalized spacial score (nSPS) is 15.5. The quantitative estimate of drug-likeness (QED) is 0.854. The minimum absolute atomic E-state index is 0.0717. The summed E-state index contributed by atoms with van der Waals surface area (Å²) in [6, 6.07) is 5.99. The molecule has 0 N–H and O–H groups in total. The molecule has 1 aromatic rings. The standard InChI is InChI=1S/C17H23FN2O3/c1-17(2,3)16(22)20-10-8-19(9-11-20)15(21)12-23-14-7-5-4-6-13(14)18/h4-7H,8-12H2,1-3H3. The van der Waals surface area contributed by atoms with Gasteiger partial charge in [0.15, 0.2) is 18.2 Å². The molecule has 2 rings (SSSR count). The number of carbonyl (C=O) groups excluding carboxylic acids is 2. The molecule has 0 atom stereocenters. The maximum atomic E-state index is 13.4. The Morgan fingerprint density at radius 1 is 1.09 bits per heavy atom. The van der Waals surface area contributed by atoms with Crippen molar-refractivity contribution in [3.63, 3.8) is 0 Å². The first kappa shape index (κ1) is 17.2. The van der Waals surface area contributed by atoms with Gasteiger partial charge < -0.3 is 14.5 Å². The summed E-state index contributed by atoms with van der Waals surface area (Å²) >= 11 is 0. The second-order valence-electron chi connectivity index (χ2n) is 6.64. The second kappa shape index (κ2) is 6.98. The molecule has 1 heterocycles. The van der Waals surface area contributed by atoms with Crippen LogP contribution in [0.2, 0.25) is 0 Å². The van der Waals surface area contributed by atoms with Crippen molar-refractivity contribution in [3.05, 3.63) is 30.1 Å². The zero-order valence-electron chi connectivity index (χ0n) is 13.8. The fourth-order valence-electron chi connectivity index (χ4n) is 2.43. The summed E-state index contributed by atoms with van der Waals surface area (Å²) in [6.45, 7) is 7.43. The van der Waals surface area contributed by atoms with Crippen LogP contribution in [0.1, 0.15) is 20.8 Å². The lowest BCUT2D eigenvalue weighted by molar-refractivity contribution is -0.145. The number of nitrogens with zero attached hydrogens (tertiary/aromatic N) is 2. The van der Waals surface area contributed by atoms with Crippen LogP contribution in [0.25, 0.3) is 0 Å². The van der Waals surface area contributed by atoms with E-state index >= 15 is 0 Å². The van der Waals surface area contributed by atoms with E-state index in [-0.39, 0.29) is 24.2 Å². The van der Waals surface area contributed by atoms with Gasteiger partial charge in [-0.15, -0.1) is 0 Å². The van der Waals surface area contributed by atoms with Crippen LogP contribution in [0.15, 0.2) is 24.3 Å². The molecule has 0 bridgehead atoms. The molecule has 1 saturated heterocycles. The SMILES string of the molecule is CC(C)(C)C(=O)N1CCN(C(=O)COc2ccccc2F)CC1. The summed E-state index contributed by atoms with van der Waals surface area (Å²) in [5, 5.41) is 0. The van der Waals surface area contributed by atoms with Gasteiger partial charge in [0.25, 0.3) is 5.91 Å². The third-order valence-corrected chi connectivity index (χ3v) is 3.75. The number of rotatable bonds is 3. The number of amides is 2. The number of hydrogen-bond donors (Lipinski definition) is 0. The molecule has 0 aromatic heterocycles. The number of para-hydroxylation sites is 1. The van der Waals surface area contributed by atoms with E-state index in [0.717, 1.165) is 0 Å². The molecule has 0 aliphatic carbocycles. The van der Waals surface area contributed by atoms with Gasteiger partial charge in [0.2, 0.25) is 5.91 Å². The van der Waals surface area contributed by atoms with Crippen LogP contribution in [-0.2, 0) is 9.59 Å². The van der Waals surface area contributed by atoms with Gasteiger partial charge in [0, 0.05) is 31.6 Å². The Morgan fingerprint density at radius 3 is 2.22 bits per heavy atom. The first-order valence-electron chi connectivity index (χ1n) is 7.73. The van der Waals surface area contributed by atoms with Crippen LogP contribution in [0.5, 0.6) is 5.75 Å². The highest BCUT2D eigenvalue weighted by molar-refractivity contribution is 5.82. The van der Waals surface area contributed by atoms with Crippen molar-refractivity contribution in [2.75, 3.05) is 32.8 Å². The van der Waals surface area contributed by atoms with E-state index in [9.17, 15) is 14.0 Å². The van der Waals surface area contributed by atoms with Crippen LogP contribution in [-0.4, -0.2) is 54.4 Å². The van der Waals surface area contributed by atoms with Gasteiger partial charge in [0.1, 0.15) is 0 Å². The van der Waals surface area contributed by atoms with Crippen LogP contribution in [0, 0.1) is 11.2 Å². The van der Waals surface area contributed by atoms with Gasteiger partial charge in [-0.25, -0.2) is 4.39 Å². The van der Waals surface area contributed by atoms with Gasteiger partial charge >= 0.3 is 0 Å². The minimum atomic E-state index is -0.485. The highest BCUT2D eigenvalue weighted by atomic mass is 19.1. The number of hydrogen-bond acceptors (Lipinski definition) is 3. The molecule has 1 fully saturated rings.